The molecule has 0 bridgehead atoms. The fourth-order valence-electron chi connectivity index (χ4n) is 2.52. The smallest absolute Gasteiger partial charge is 0.247 e. The maximum absolute atomic E-state index is 14.2. The maximum Gasteiger partial charge on any atom is 0.247 e. The van der Waals surface area contributed by atoms with Gasteiger partial charge in [0, 0.05) is 24.6 Å². The monoisotopic (exact) mass is 383 g/mol. The Hall–Kier alpha value is -3.55. The van der Waals surface area contributed by atoms with E-state index in [9.17, 15) is 14.0 Å². The molecule has 0 atom stereocenters. The van der Waals surface area contributed by atoms with Crippen LogP contribution in [0, 0.1) is 5.82 Å². The average Bonchev–Trinajstić information content (AvgIpc) is 3.22. The van der Waals surface area contributed by atoms with Gasteiger partial charge in [-0.2, -0.15) is 0 Å². The minimum atomic E-state index is -0.486. The lowest BCUT2D eigenvalue weighted by Gasteiger charge is -2.08. The minimum absolute atomic E-state index is 0.172. The van der Waals surface area contributed by atoms with Gasteiger partial charge >= 0.3 is 0 Å². The second-order valence-electron chi connectivity index (χ2n) is 6.02. The molecule has 0 aliphatic rings. The van der Waals surface area contributed by atoms with Crippen molar-refractivity contribution in [1.82, 2.24) is 15.5 Å². The van der Waals surface area contributed by atoms with E-state index >= 15 is 0 Å². The van der Waals surface area contributed by atoms with Crippen LogP contribution in [0.25, 0.3) is 11.5 Å². The van der Waals surface area contributed by atoms with E-state index in [4.69, 9.17) is 9.15 Å². The van der Waals surface area contributed by atoms with Crippen LogP contribution in [0.5, 0.6) is 5.75 Å². The summed E-state index contributed by atoms with van der Waals surface area (Å²) in [5, 5.41) is 10.0. The summed E-state index contributed by atoms with van der Waals surface area (Å²) in [6, 6.07) is 11.1. The first-order valence-corrected chi connectivity index (χ1v) is 8.58. The number of carbonyl (C=O) groups excluding carboxylic acids is 2. The molecular weight excluding hydrogens is 365 g/mol. The van der Waals surface area contributed by atoms with E-state index in [0.29, 0.717) is 30.2 Å². The molecule has 144 valence electrons. The lowest BCUT2D eigenvalue weighted by Crippen LogP contribution is -2.22. The summed E-state index contributed by atoms with van der Waals surface area (Å²) in [5.74, 6) is -0.122. The van der Waals surface area contributed by atoms with Crippen LogP contribution in [0.15, 0.2) is 53.3 Å². The number of Topliss-reactive ketones (excluding diaryl/α,β-unsaturated/α-hetero) is 1. The van der Waals surface area contributed by atoms with Gasteiger partial charge < -0.3 is 14.5 Å². The van der Waals surface area contributed by atoms with Gasteiger partial charge in [-0.05, 0) is 42.3 Å². The number of aromatic nitrogens is 2. The molecular formula is C20H18FN3O4. The molecule has 3 rings (SSSR count). The normalized spacial score (nSPS) is 10.5. The van der Waals surface area contributed by atoms with E-state index in [1.54, 1.807) is 36.4 Å². The van der Waals surface area contributed by atoms with Crippen LogP contribution in [-0.4, -0.2) is 35.0 Å². The number of halogens is 1. The number of ketones is 1. The Morgan fingerprint density at radius 1 is 1.18 bits per heavy atom. The lowest BCUT2D eigenvalue weighted by molar-refractivity contribution is -0.118. The molecule has 0 radical (unpaired) electrons. The molecule has 7 nitrogen and oxygen atoms in total. The molecule has 0 aliphatic heterocycles. The molecule has 3 aromatic rings. The number of nitrogens with zero attached hydrogens (tertiary/aromatic N) is 2. The lowest BCUT2D eigenvalue weighted by atomic mass is 10.1. The number of ether oxygens (including phenoxy) is 1. The summed E-state index contributed by atoms with van der Waals surface area (Å²) in [5.41, 5.74) is 1.39. The third-order valence-corrected chi connectivity index (χ3v) is 3.97. The molecule has 1 aromatic heterocycles. The predicted octanol–water partition coefficient (Wildman–Crippen LogP) is 2.82. The van der Waals surface area contributed by atoms with Crippen molar-refractivity contribution in [3.63, 3.8) is 0 Å². The summed E-state index contributed by atoms with van der Waals surface area (Å²) < 4.78 is 24.7. The highest BCUT2D eigenvalue weighted by atomic mass is 19.1. The molecule has 28 heavy (non-hydrogen) atoms. The van der Waals surface area contributed by atoms with Gasteiger partial charge in [0.15, 0.2) is 12.4 Å². The predicted molar refractivity (Wildman–Crippen MR) is 98.3 cm³/mol. The number of nitrogens with one attached hydrogen (secondary N) is 1. The molecule has 8 heteroatoms. The molecule has 0 spiro atoms. The number of carbonyl (C=O) groups is 2. The molecule has 0 unspecified atom stereocenters. The topological polar surface area (TPSA) is 94.3 Å². The summed E-state index contributed by atoms with van der Waals surface area (Å²) in [6.07, 6.45) is 1.59. The van der Waals surface area contributed by atoms with E-state index < -0.39 is 5.82 Å². The highest BCUT2D eigenvalue weighted by Crippen LogP contribution is 2.20. The van der Waals surface area contributed by atoms with Gasteiger partial charge in [0.25, 0.3) is 0 Å². The fourth-order valence-corrected chi connectivity index (χ4v) is 2.52. The zero-order valence-corrected chi connectivity index (χ0v) is 15.1. The Balaban J connectivity index is 1.55. The van der Waals surface area contributed by atoms with E-state index in [-0.39, 0.29) is 23.9 Å². The Bertz CT molecular complexity index is 956. The molecule has 0 saturated heterocycles. The van der Waals surface area contributed by atoms with Crippen molar-refractivity contribution in [2.24, 2.45) is 0 Å². The quantitative estimate of drug-likeness (QED) is 0.601. The number of hydrogen-bond acceptors (Lipinski definition) is 6. The average molecular weight is 383 g/mol. The van der Waals surface area contributed by atoms with E-state index in [0.717, 1.165) is 5.56 Å². The number of rotatable bonds is 8. The second-order valence-corrected chi connectivity index (χ2v) is 6.02. The Morgan fingerprint density at radius 3 is 2.61 bits per heavy atom. The van der Waals surface area contributed by atoms with Crippen LogP contribution in [0.4, 0.5) is 4.39 Å². The highest BCUT2D eigenvalue weighted by molar-refractivity contribution is 5.97. The third-order valence-electron chi connectivity index (χ3n) is 3.97. The number of hydrogen-bond donors (Lipinski definition) is 1. The molecule has 0 saturated carbocycles. The summed E-state index contributed by atoms with van der Waals surface area (Å²) >= 11 is 0. The summed E-state index contributed by atoms with van der Waals surface area (Å²) in [6.45, 7) is 1.52. The van der Waals surface area contributed by atoms with Crippen molar-refractivity contribution >= 4 is 11.7 Å². The van der Waals surface area contributed by atoms with Gasteiger partial charge in [0.1, 0.15) is 11.6 Å². The van der Waals surface area contributed by atoms with Gasteiger partial charge in [-0.15, -0.1) is 10.2 Å². The molecule has 2 aromatic carbocycles. The first kappa shape index (κ1) is 19.2. The van der Waals surface area contributed by atoms with Crippen LogP contribution in [-0.2, 0) is 11.2 Å². The highest BCUT2D eigenvalue weighted by Gasteiger charge is 2.11. The van der Waals surface area contributed by atoms with Crippen molar-refractivity contribution in [2.45, 2.75) is 13.3 Å². The fraction of sp³-hybridized carbons (Fsp3) is 0.200. The van der Waals surface area contributed by atoms with Crippen molar-refractivity contribution in [2.75, 3.05) is 13.2 Å². The zero-order valence-electron chi connectivity index (χ0n) is 15.1. The van der Waals surface area contributed by atoms with Gasteiger partial charge in [0.05, 0.1) is 0 Å². The van der Waals surface area contributed by atoms with Crippen molar-refractivity contribution in [1.29, 1.82) is 0 Å². The van der Waals surface area contributed by atoms with Gasteiger partial charge in [-0.25, -0.2) is 4.39 Å². The Labute approximate surface area is 160 Å². The van der Waals surface area contributed by atoms with Crippen LogP contribution in [0.2, 0.25) is 0 Å². The summed E-state index contributed by atoms with van der Waals surface area (Å²) in [4.78, 5) is 23.1. The summed E-state index contributed by atoms with van der Waals surface area (Å²) in [7, 11) is 0. The third kappa shape index (κ3) is 5.00. The van der Waals surface area contributed by atoms with Gasteiger partial charge in [-0.1, -0.05) is 12.1 Å². The van der Waals surface area contributed by atoms with Crippen molar-refractivity contribution in [3.8, 4) is 17.2 Å². The standard InChI is InChI=1S/C20H18FN3O4/c1-13(25)22-9-8-14-2-3-16(10-18(14)21)19(26)11-27-17-6-4-15(5-7-17)20-24-23-12-28-20/h2-7,10,12H,8-9,11H2,1H3,(H,22,25). The van der Waals surface area contributed by atoms with Crippen LogP contribution in [0.3, 0.4) is 0 Å². The first-order valence-electron chi connectivity index (χ1n) is 8.58. The molecule has 1 heterocycles. The first-order chi connectivity index (χ1) is 13.5. The molecule has 1 amide bonds. The zero-order chi connectivity index (χ0) is 19.9. The second kappa shape index (κ2) is 8.90. The molecule has 0 fully saturated rings. The Kier molecular flexibility index (Phi) is 6.11. The Morgan fingerprint density at radius 2 is 1.96 bits per heavy atom. The largest absolute Gasteiger partial charge is 0.485 e. The van der Waals surface area contributed by atoms with Crippen LogP contribution >= 0.6 is 0 Å². The minimum Gasteiger partial charge on any atom is -0.485 e. The van der Waals surface area contributed by atoms with Crippen molar-refractivity contribution < 1.29 is 23.1 Å². The number of amides is 1. The van der Waals surface area contributed by atoms with Gasteiger partial charge in [0.2, 0.25) is 18.2 Å². The molecule has 0 aliphatic carbocycles. The molecule has 1 N–H and O–H groups in total. The van der Waals surface area contributed by atoms with Crippen molar-refractivity contribution in [3.05, 3.63) is 65.8 Å². The SMILES string of the molecule is CC(=O)NCCc1ccc(C(=O)COc2ccc(-c3nnco3)cc2)cc1F. The maximum atomic E-state index is 14.2. The van der Waals surface area contributed by atoms with Crippen LogP contribution in [0.1, 0.15) is 22.8 Å². The van der Waals surface area contributed by atoms with E-state index in [1.807, 2.05) is 0 Å². The van der Waals surface area contributed by atoms with E-state index in [1.165, 1.54) is 19.4 Å². The van der Waals surface area contributed by atoms with E-state index in [2.05, 4.69) is 15.5 Å². The number of benzene rings is 2. The van der Waals surface area contributed by atoms with Gasteiger partial charge in [-0.3, -0.25) is 9.59 Å². The van der Waals surface area contributed by atoms with Crippen LogP contribution < -0.4 is 10.1 Å².